The second-order valence-electron chi connectivity index (χ2n) is 5.33. The molecule has 2 rings (SSSR count). The van der Waals surface area contributed by atoms with Gasteiger partial charge in [-0.1, -0.05) is 6.92 Å². The average Bonchev–Trinajstić information content (AvgIpc) is 2.68. The maximum Gasteiger partial charge on any atom is 0.318 e. The van der Waals surface area contributed by atoms with Crippen LogP contribution in [0, 0.1) is 18.8 Å². The van der Waals surface area contributed by atoms with Crippen molar-refractivity contribution in [2.75, 3.05) is 30.9 Å². The number of aryl methyl sites for hydroxylation is 1. The zero-order chi connectivity index (χ0) is 14.9. The van der Waals surface area contributed by atoms with Crippen molar-refractivity contribution in [3.8, 4) is 6.01 Å². The molecular weight excluding hydrogens is 280 g/mol. The number of rotatable bonds is 4. The summed E-state index contributed by atoms with van der Waals surface area (Å²) in [7, 11) is -1.93. The average molecular weight is 300 g/mol. The molecule has 1 fully saturated rings. The summed E-state index contributed by atoms with van der Waals surface area (Å²) in [6.07, 6.45) is 0. The van der Waals surface area contributed by atoms with E-state index in [1.807, 2.05) is 19.9 Å². The van der Waals surface area contributed by atoms with E-state index in [1.54, 1.807) is 0 Å². The van der Waals surface area contributed by atoms with E-state index in [2.05, 4.69) is 14.9 Å². The molecule has 8 heteroatoms. The number of hydrogen-bond acceptors (Lipinski definition) is 6. The molecule has 2 N–H and O–H groups in total. The number of sulfonamides is 1. The Morgan fingerprint density at radius 2 is 2.15 bits per heavy atom. The lowest BCUT2D eigenvalue weighted by Gasteiger charge is -2.18. The molecule has 0 aromatic carbocycles. The second kappa shape index (κ2) is 5.53. The summed E-state index contributed by atoms with van der Waals surface area (Å²) in [5.74, 6) is 1.03. The summed E-state index contributed by atoms with van der Waals surface area (Å²) in [6, 6.07) is 2.19. The van der Waals surface area contributed by atoms with Gasteiger partial charge in [0.15, 0.2) is 0 Å². The fraction of sp³-hybridized carbons (Fsp3) is 0.667. The van der Waals surface area contributed by atoms with Gasteiger partial charge in [-0.05, 0) is 18.8 Å². The summed E-state index contributed by atoms with van der Waals surface area (Å²) in [6.45, 7) is 5.27. The number of methoxy groups -OCH3 is 1. The highest BCUT2D eigenvalue weighted by atomic mass is 32.2. The molecule has 2 heterocycles. The van der Waals surface area contributed by atoms with Crippen LogP contribution in [0.3, 0.4) is 0 Å². The third kappa shape index (κ3) is 3.57. The molecule has 0 aliphatic carbocycles. The number of aromatic nitrogens is 2. The van der Waals surface area contributed by atoms with Crippen LogP contribution in [0.5, 0.6) is 6.01 Å². The number of nitrogens with zero attached hydrogens (tertiary/aromatic N) is 3. The number of hydrogen-bond donors (Lipinski definition) is 1. The maximum absolute atomic E-state index is 11.2. The predicted molar refractivity (Wildman–Crippen MR) is 76.2 cm³/mol. The Morgan fingerprint density at radius 3 is 2.75 bits per heavy atom. The molecule has 20 heavy (non-hydrogen) atoms. The van der Waals surface area contributed by atoms with Crippen LogP contribution < -0.4 is 14.8 Å². The molecule has 0 saturated carbocycles. The summed E-state index contributed by atoms with van der Waals surface area (Å²) in [5.41, 5.74) is 0.814. The van der Waals surface area contributed by atoms with Gasteiger partial charge in [-0.25, -0.2) is 18.5 Å². The molecule has 7 nitrogen and oxygen atoms in total. The number of ether oxygens (including phenoxy) is 1. The van der Waals surface area contributed by atoms with Crippen LogP contribution in [0.25, 0.3) is 0 Å². The minimum atomic E-state index is -3.45. The van der Waals surface area contributed by atoms with Gasteiger partial charge in [0.25, 0.3) is 0 Å². The molecule has 1 aliphatic heterocycles. The molecular formula is C12H20N4O3S. The fourth-order valence-electron chi connectivity index (χ4n) is 2.52. The van der Waals surface area contributed by atoms with E-state index >= 15 is 0 Å². The van der Waals surface area contributed by atoms with Crippen LogP contribution in [0.2, 0.25) is 0 Å². The topological polar surface area (TPSA) is 98.4 Å². The monoisotopic (exact) mass is 300 g/mol. The van der Waals surface area contributed by atoms with Gasteiger partial charge in [0, 0.05) is 24.8 Å². The molecule has 1 aliphatic rings. The van der Waals surface area contributed by atoms with Crippen LogP contribution in [0.15, 0.2) is 6.07 Å². The smallest absolute Gasteiger partial charge is 0.318 e. The lowest BCUT2D eigenvalue weighted by Crippen LogP contribution is -2.27. The van der Waals surface area contributed by atoms with E-state index in [0.717, 1.165) is 18.1 Å². The van der Waals surface area contributed by atoms with E-state index in [9.17, 15) is 8.42 Å². The van der Waals surface area contributed by atoms with Crippen LogP contribution in [-0.4, -0.2) is 44.3 Å². The lowest BCUT2D eigenvalue weighted by molar-refractivity contribution is 0.378. The molecule has 1 aromatic rings. The molecule has 0 bridgehead atoms. The van der Waals surface area contributed by atoms with Crippen molar-refractivity contribution in [3.05, 3.63) is 11.8 Å². The Morgan fingerprint density at radius 1 is 1.45 bits per heavy atom. The van der Waals surface area contributed by atoms with Gasteiger partial charge in [-0.2, -0.15) is 4.98 Å². The van der Waals surface area contributed by atoms with E-state index in [4.69, 9.17) is 9.88 Å². The predicted octanol–water partition coefficient (Wildman–Crippen LogP) is 0.154. The summed E-state index contributed by atoms with van der Waals surface area (Å²) < 4.78 is 27.6. The van der Waals surface area contributed by atoms with Gasteiger partial charge >= 0.3 is 6.01 Å². The van der Waals surface area contributed by atoms with E-state index in [-0.39, 0.29) is 17.6 Å². The SMILES string of the molecule is COc1nc(C)cc(N2C[C@@H](CS(N)(=O)=O)[C@H](C)C2)n1. The van der Waals surface area contributed by atoms with Crippen molar-refractivity contribution >= 4 is 15.8 Å². The molecule has 2 atom stereocenters. The zero-order valence-corrected chi connectivity index (χ0v) is 12.7. The first-order chi connectivity index (χ1) is 9.28. The first-order valence-electron chi connectivity index (χ1n) is 6.43. The lowest BCUT2D eigenvalue weighted by atomic mass is 10.0. The Balaban J connectivity index is 2.17. The van der Waals surface area contributed by atoms with Crippen molar-refractivity contribution in [2.24, 2.45) is 17.0 Å². The molecule has 0 unspecified atom stereocenters. The van der Waals surface area contributed by atoms with Crippen LogP contribution in [0.4, 0.5) is 5.82 Å². The van der Waals surface area contributed by atoms with Gasteiger partial charge in [-0.3, -0.25) is 0 Å². The Kier molecular flexibility index (Phi) is 4.14. The van der Waals surface area contributed by atoms with Crippen molar-refractivity contribution in [2.45, 2.75) is 13.8 Å². The van der Waals surface area contributed by atoms with Gasteiger partial charge in [-0.15, -0.1) is 0 Å². The molecule has 1 aromatic heterocycles. The Hall–Kier alpha value is -1.41. The highest BCUT2D eigenvalue weighted by Crippen LogP contribution is 2.28. The largest absolute Gasteiger partial charge is 0.467 e. The fourth-order valence-corrected chi connectivity index (χ4v) is 3.55. The normalized spacial score (nSPS) is 23.1. The zero-order valence-electron chi connectivity index (χ0n) is 11.9. The van der Waals surface area contributed by atoms with Gasteiger partial charge in [0.1, 0.15) is 5.82 Å². The number of nitrogens with two attached hydrogens (primary N) is 1. The summed E-state index contributed by atoms with van der Waals surface area (Å²) >= 11 is 0. The summed E-state index contributed by atoms with van der Waals surface area (Å²) in [5, 5.41) is 5.14. The first-order valence-corrected chi connectivity index (χ1v) is 8.15. The molecule has 1 saturated heterocycles. The summed E-state index contributed by atoms with van der Waals surface area (Å²) in [4.78, 5) is 10.5. The van der Waals surface area contributed by atoms with Crippen molar-refractivity contribution in [3.63, 3.8) is 0 Å². The molecule has 0 radical (unpaired) electrons. The van der Waals surface area contributed by atoms with Gasteiger partial charge in [0.05, 0.1) is 12.9 Å². The van der Waals surface area contributed by atoms with Crippen LogP contribution in [-0.2, 0) is 10.0 Å². The van der Waals surface area contributed by atoms with E-state index in [0.29, 0.717) is 12.6 Å². The second-order valence-corrected chi connectivity index (χ2v) is 6.99. The molecule has 112 valence electrons. The minimum absolute atomic E-state index is 0.00582. The van der Waals surface area contributed by atoms with Crippen molar-refractivity contribution in [1.82, 2.24) is 9.97 Å². The van der Waals surface area contributed by atoms with Crippen molar-refractivity contribution in [1.29, 1.82) is 0 Å². The van der Waals surface area contributed by atoms with Gasteiger partial charge < -0.3 is 9.64 Å². The minimum Gasteiger partial charge on any atom is -0.467 e. The molecule has 0 amide bonds. The van der Waals surface area contributed by atoms with Crippen molar-refractivity contribution < 1.29 is 13.2 Å². The molecule has 0 spiro atoms. The highest BCUT2D eigenvalue weighted by Gasteiger charge is 2.33. The number of anilines is 1. The van der Waals surface area contributed by atoms with E-state index in [1.165, 1.54) is 7.11 Å². The van der Waals surface area contributed by atoms with Gasteiger partial charge in [0.2, 0.25) is 10.0 Å². The standard InChI is InChI=1S/C12H20N4O3S/c1-8-5-16(6-10(8)7-20(13,17)18)11-4-9(2)14-12(15-11)19-3/h4,8,10H,5-7H2,1-3H3,(H2,13,17,18)/t8-,10+/m1/s1. The third-order valence-corrected chi connectivity index (χ3v) is 4.43. The van der Waals surface area contributed by atoms with Crippen LogP contribution in [0.1, 0.15) is 12.6 Å². The number of primary sulfonamides is 1. The maximum atomic E-state index is 11.2. The Labute approximate surface area is 119 Å². The third-order valence-electron chi connectivity index (χ3n) is 3.54. The quantitative estimate of drug-likeness (QED) is 0.850. The first kappa shape index (κ1) is 15.0. The van der Waals surface area contributed by atoms with E-state index < -0.39 is 10.0 Å². The highest BCUT2D eigenvalue weighted by molar-refractivity contribution is 7.89. The Bertz CT molecular complexity index is 590. The van der Waals surface area contributed by atoms with Crippen LogP contribution >= 0.6 is 0 Å².